The Morgan fingerprint density at radius 1 is 1.29 bits per heavy atom. The van der Waals surface area contributed by atoms with Crippen molar-refractivity contribution >= 4 is 0 Å². The highest BCUT2D eigenvalue weighted by Gasteiger charge is 2.34. The van der Waals surface area contributed by atoms with Gasteiger partial charge < -0.3 is 14.6 Å². The molecule has 0 aliphatic heterocycles. The van der Waals surface area contributed by atoms with Crippen molar-refractivity contribution in [2.75, 3.05) is 13.2 Å². The number of ether oxygens (including phenoxy) is 2. The van der Waals surface area contributed by atoms with Gasteiger partial charge in [0.05, 0.1) is 31.0 Å². The molecule has 1 saturated carbocycles. The minimum Gasteiger partial charge on any atom is -0.394 e. The molecule has 0 spiro atoms. The Morgan fingerprint density at radius 3 is 2.36 bits per heavy atom. The Hall–Kier alpha value is -0.120. The van der Waals surface area contributed by atoms with E-state index in [-0.39, 0.29) is 24.4 Å². The first-order chi connectivity index (χ1) is 6.56. The molecule has 0 heterocycles. The molecule has 3 nitrogen and oxygen atoms in total. The Balaban J connectivity index is 2.12. The minimum atomic E-state index is -0.0877. The fourth-order valence-corrected chi connectivity index (χ4v) is 1.66. The van der Waals surface area contributed by atoms with Crippen LogP contribution in [-0.2, 0) is 9.47 Å². The second kappa shape index (κ2) is 5.10. The van der Waals surface area contributed by atoms with Crippen molar-refractivity contribution in [3.63, 3.8) is 0 Å². The highest BCUT2D eigenvalue weighted by Crippen LogP contribution is 2.35. The first kappa shape index (κ1) is 12.0. The standard InChI is InChI=1S/C11H22O3/c1-9(7-12)13-8-10(2)14-11(3)5-4-6-11/h9-10,12H,4-8H2,1-3H3. The van der Waals surface area contributed by atoms with E-state index >= 15 is 0 Å². The molecule has 0 aromatic carbocycles. The summed E-state index contributed by atoms with van der Waals surface area (Å²) in [4.78, 5) is 0. The second-order valence-corrected chi connectivity index (χ2v) is 4.56. The average Bonchev–Trinajstić information content (AvgIpc) is 2.11. The molecule has 0 amide bonds. The zero-order valence-electron chi connectivity index (χ0n) is 9.45. The van der Waals surface area contributed by atoms with E-state index in [1.165, 1.54) is 6.42 Å². The highest BCUT2D eigenvalue weighted by atomic mass is 16.6. The van der Waals surface area contributed by atoms with Crippen molar-refractivity contribution in [1.82, 2.24) is 0 Å². The van der Waals surface area contributed by atoms with Crippen molar-refractivity contribution in [2.45, 2.75) is 57.8 Å². The van der Waals surface area contributed by atoms with Gasteiger partial charge in [0.1, 0.15) is 0 Å². The fraction of sp³-hybridized carbons (Fsp3) is 1.00. The Labute approximate surface area is 86.4 Å². The van der Waals surface area contributed by atoms with Gasteiger partial charge in [-0.05, 0) is 40.0 Å². The van der Waals surface area contributed by atoms with Crippen LogP contribution in [0.25, 0.3) is 0 Å². The van der Waals surface area contributed by atoms with Crippen LogP contribution in [0.2, 0.25) is 0 Å². The number of hydrogen-bond donors (Lipinski definition) is 1. The molecule has 0 aromatic rings. The van der Waals surface area contributed by atoms with Crippen molar-refractivity contribution < 1.29 is 14.6 Å². The minimum absolute atomic E-state index is 0.0734. The van der Waals surface area contributed by atoms with E-state index in [9.17, 15) is 0 Å². The van der Waals surface area contributed by atoms with E-state index in [0.29, 0.717) is 6.61 Å². The van der Waals surface area contributed by atoms with Crippen molar-refractivity contribution in [2.24, 2.45) is 0 Å². The maximum atomic E-state index is 8.77. The molecule has 1 fully saturated rings. The molecule has 2 atom stereocenters. The molecule has 3 heteroatoms. The molecule has 0 aromatic heterocycles. The van der Waals surface area contributed by atoms with Crippen LogP contribution in [-0.4, -0.2) is 36.1 Å². The third kappa shape index (κ3) is 3.56. The van der Waals surface area contributed by atoms with E-state index in [1.54, 1.807) is 0 Å². The fourth-order valence-electron chi connectivity index (χ4n) is 1.66. The van der Waals surface area contributed by atoms with Gasteiger partial charge in [0.25, 0.3) is 0 Å². The van der Waals surface area contributed by atoms with Crippen LogP contribution in [0.3, 0.4) is 0 Å². The Morgan fingerprint density at radius 2 is 1.93 bits per heavy atom. The summed E-state index contributed by atoms with van der Waals surface area (Å²) in [6.07, 6.45) is 3.63. The summed E-state index contributed by atoms with van der Waals surface area (Å²) >= 11 is 0. The summed E-state index contributed by atoms with van der Waals surface area (Å²) in [5.74, 6) is 0. The zero-order chi connectivity index (χ0) is 10.6. The van der Waals surface area contributed by atoms with Crippen LogP contribution in [0.5, 0.6) is 0 Å². The van der Waals surface area contributed by atoms with E-state index in [1.807, 2.05) is 13.8 Å². The number of rotatable bonds is 6. The van der Waals surface area contributed by atoms with E-state index in [4.69, 9.17) is 14.6 Å². The average molecular weight is 202 g/mol. The van der Waals surface area contributed by atoms with Crippen molar-refractivity contribution in [3.05, 3.63) is 0 Å². The normalized spacial score (nSPS) is 24.0. The van der Waals surface area contributed by atoms with E-state index in [0.717, 1.165) is 12.8 Å². The van der Waals surface area contributed by atoms with Crippen LogP contribution < -0.4 is 0 Å². The Kier molecular flexibility index (Phi) is 4.35. The Bertz CT molecular complexity index is 166. The lowest BCUT2D eigenvalue weighted by Crippen LogP contribution is -2.40. The smallest absolute Gasteiger partial charge is 0.0788 e. The maximum absolute atomic E-state index is 8.77. The van der Waals surface area contributed by atoms with Crippen LogP contribution in [0.4, 0.5) is 0 Å². The van der Waals surface area contributed by atoms with Crippen molar-refractivity contribution in [1.29, 1.82) is 0 Å². The van der Waals surface area contributed by atoms with Crippen LogP contribution in [0.1, 0.15) is 40.0 Å². The predicted molar refractivity (Wildman–Crippen MR) is 55.3 cm³/mol. The summed E-state index contributed by atoms with van der Waals surface area (Å²) in [5, 5.41) is 8.77. The molecule has 1 aliphatic rings. The number of aliphatic hydroxyl groups excluding tert-OH is 1. The lowest BCUT2D eigenvalue weighted by Gasteiger charge is -2.40. The largest absolute Gasteiger partial charge is 0.394 e. The maximum Gasteiger partial charge on any atom is 0.0788 e. The molecular weight excluding hydrogens is 180 g/mol. The third-order valence-electron chi connectivity index (χ3n) is 2.77. The van der Waals surface area contributed by atoms with Gasteiger partial charge in [0.2, 0.25) is 0 Å². The van der Waals surface area contributed by atoms with Gasteiger partial charge in [-0.2, -0.15) is 0 Å². The lowest BCUT2D eigenvalue weighted by molar-refractivity contribution is -0.147. The summed E-state index contributed by atoms with van der Waals surface area (Å²) in [6, 6.07) is 0. The third-order valence-corrected chi connectivity index (χ3v) is 2.77. The van der Waals surface area contributed by atoms with E-state index < -0.39 is 0 Å². The van der Waals surface area contributed by atoms with E-state index in [2.05, 4.69) is 6.92 Å². The molecule has 0 saturated heterocycles. The SMILES string of the molecule is CC(CO)OCC(C)OC1(C)CCC1. The van der Waals surface area contributed by atoms with Gasteiger partial charge in [-0.25, -0.2) is 0 Å². The molecule has 1 N–H and O–H groups in total. The van der Waals surface area contributed by atoms with Gasteiger partial charge in [0, 0.05) is 0 Å². The molecule has 0 bridgehead atoms. The van der Waals surface area contributed by atoms with Gasteiger partial charge >= 0.3 is 0 Å². The summed E-state index contributed by atoms with van der Waals surface area (Å²) in [7, 11) is 0. The van der Waals surface area contributed by atoms with Crippen LogP contribution >= 0.6 is 0 Å². The van der Waals surface area contributed by atoms with Gasteiger partial charge in [-0.15, -0.1) is 0 Å². The first-order valence-corrected chi connectivity index (χ1v) is 5.46. The molecule has 1 aliphatic carbocycles. The first-order valence-electron chi connectivity index (χ1n) is 5.46. The molecular formula is C11H22O3. The van der Waals surface area contributed by atoms with Gasteiger partial charge in [-0.1, -0.05) is 0 Å². The van der Waals surface area contributed by atoms with Crippen molar-refractivity contribution in [3.8, 4) is 0 Å². The highest BCUT2D eigenvalue weighted by molar-refractivity contribution is 4.85. The number of hydrogen-bond acceptors (Lipinski definition) is 3. The molecule has 2 unspecified atom stereocenters. The van der Waals surface area contributed by atoms with Crippen LogP contribution in [0, 0.1) is 0 Å². The molecule has 0 radical (unpaired) electrons. The number of aliphatic hydroxyl groups is 1. The quantitative estimate of drug-likeness (QED) is 0.713. The zero-order valence-corrected chi connectivity index (χ0v) is 9.45. The molecule has 1 rings (SSSR count). The van der Waals surface area contributed by atoms with Gasteiger partial charge in [-0.3, -0.25) is 0 Å². The monoisotopic (exact) mass is 202 g/mol. The van der Waals surface area contributed by atoms with Gasteiger partial charge in [0.15, 0.2) is 0 Å². The van der Waals surface area contributed by atoms with Crippen LogP contribution in [0.15, 0.2) is 0 Å². The molecule has 84 valence electrons. The topological polar surface area (TPSA) is 38.7 Å². The summed E-state index contributed by atoms with van der Waals surface area (Å²) in [6.45, 7) is 6.68. The summed E-state index contributed by atoms with van der Waals surface area (Å²) < 4.78 is 11.3. The lowest BCUT2D eigenvalue weighted by atomic mass is 9.82. The second-order valence-electron chi connectivity index (χ2n) is 4.56. The summed E-state index contributed by atoms with van der Waals surface area (Å²) in [5.41, 5.74) is 0.0885. The predicted octanol–water partition coefficient (Wildman–Crippen LogP) is 1.73. The molecule has 14 heavy (non-hydrogen) atoms.